The molecule has 0 atom stereocenters. The molecule has 19 heavy (non-hydrogen) atoms. The standard InChI is InChI=1S/C14H16BrClN2O/c1-9(2)6-17-7-13-14(19-8-18-13)10-3-11(15)5-12(16)4-10/h3-5,8-9,17H,6-7H2,1-2H3. The second-order valence-corrected chi connectivity index (χ2v) is 6.16. The maximum Gasteiger partial charge on any atom is 0.181 e. The molecule has 102 valence electrons. The average molecular weight is 344 g/mol. The molecule has 0 spiro atoms. The predicted molar refractivity (Wildman–Crippen MR) is 81.2 cm³/mol. The van der Waals surface area contributed by atoms with Crippen LogP contribution in [0.5, 0.6) is 0 Å². The first kappa shape index (κ1) is 14.6. The van der Waals surface area contributed by atoms with Gasteiger partial charge in [-0.05, 0) is 30.7 Å². The third-order valence-corrected chi connectivity index (χ3v) is 3.29. The lowest BCUT2D eigenvalue weighted by molar-refractivity contribution is 0.545. The van der Waals surface area contributed by atoms with Crippen LogP contribution in [0, 0.1) is 5.92 Å². The molecule has 3 nitrogen and oxygen atoms in total. The van der Waals surface area contributed by atoms with Crippen LogP contribution in [0.1, 0.15) is 19.5 Å². The first-order valence-electron chi connectivity index (χ1n) is 6.16. The Morgan fingerprint density at radius 1 is 1.37 bits per heavy atom. The molecule has 0 aliphatic rings. The third-order valence-electron chi connectivity index (χ3n) is 2.61. The van der Waals surface area contributed by atoms with Gasteiger partial charge in [-0.3, -0.25) is 0 Å². The molecular formula is C14H16BrClN2O. The summed E-state index contributed by atoms with van der Waals surface area (Å²) in [7, 11) is 0. The first-order valence-corrected chi connectivity index (χ1v) is 7.33. The van der Waals surface area contributed by atoms with Crippen molar-refractivity contribution in [3.63, 3.8) is 0 Å². The van der Waals surface area contributed by atoms with E-state index < -0.39 is 0 Å². The molecule has 0 amide bonds. The number of nitrogens with one attached hydrogen (secondary N) is 1. The van der Waals surface area contributed by atoms with Gasteiger partial charge in [-0.2, -0.15) is 0 Å². The topological polar surface area (TPSA) is 38.1 Å². The Hall–Kier alpha value is -0.840. The minimum atomic E-state index is 0.607. The summed E-state index contributed by atoms with van der Waals surface area (Å²) in [5, 5.41) is 4.03. The molecule has 1 aromatic carbocycles. The molecule has 1 heterocycles. The van der Waals surface area contributed by atoms with Gasteiger partial charge in [-0.1, -0.05) is 41.4 Å². The molecule has 5 heteroatoms. The van der Waals surface area contributed by atoms with E-state index in [1.54, 1.807) is 0 Å². The van der Waals surface area contributed by atoms with Crippen LogP contribution in [-0.2, 0) is 6.54 Å². The zero-order valence-corrected chi connectivity index (χ0v) is 13.3. The quantitative estimate of drug-likeness (QED) is 0.868. The largest absolute Gasteiger partial charge is 0.443 e. The van der Waals surface area contributed by atoms with E-state index in [0.717, 1.165) is 28.0 Å². The summed E-state index contributed by atoms with van der Waals surface area (Å²) in [6.07, 6.45) is 1.47. The number of oxazole rings is 1. The van der Waals surface area contributed by atoms with Crippen molar-refractivity contribution < 1.29 is 4.42 Å². The van der Waals surface area contributed by atoms with Crippen LogP contribution in [0.15, 0.2) is 33.5 Å². The summed E-state index contributed by atoms with van der Waals surface area (Å²) in [6.45, 7) is 5.98. The summed E-state index contributed by atoms with van der Waals surface area (Å²) in [4.78, 5) is 4.26. The number of rotatable bonds is 5. The van der Waals surface area contributed by atoms with Crippen LogP contribution in [0.4, 0.5) is 0 Å². The number of hydrogen-bond acceptors (Lipinski definition) is 3. The minimum Gasteiger partial charge on any atom is -0.443 e. The molecular weight excluding hydrogens is 328 g/mol. The van der Waals surface area contributed by atoms with Crippen LogP contribution in [0.2, 0.25) is 5.02 Å². The lowest BCUT2D eigenvalue weighted by Gasteiger charge is -2.07. The lowest BCUT2D eigenvalue weighted by Crippen LogP contribution is -2.19. The Bertz CT molecular complexity index is 534. The van der Waals surface area contributed by atoms with Crippen molar-refractivity contribution in [2.75, 3.05) is 6.54 Å². The van der Waals surface area contributed by atoms with Crippen molar-refractivity contribution >= 4 is 27.5 Å². The Balaban J connectivity index is 2.18. The van der Waals surface area contributed by atoms with E-state index in [0.29, 0.717) is 17.5 Å². The van der Waals surface area contributed by atoms with Crippen molar-refractivity contribution in [1.29, 1.82) is 0 Å². The average Bonchev–Trinajstić information content (AvgIpc) is 2.75. The van der Waals surface area contributed by atoms with Gasteiger partial charge in [0.15, 0.2) is 12.2 Å². The van der Waals surface area contributed by atoms with Gasteiger partial charge in [0.1, 0.15) is 5.69 Å². The predicted octanol–water partition coefficient (Wildman–Crippen LogP) is 4.50. The molecule has 0 fully saturated rings. The highest BCUT2D eigenvalue weighted by Gasteiger charge is 2.12. The normalized spacial score (nSPS) is 11.2. The highest BCUT2D eigenvalue weighted by molar-refractivity contribution is 9.10. The molecule has 0 saturated carbocycles. The molecule has 0 bridgehead atoms. The van der Waals surface area contributed by atoms with Crippen molar-refractivity contribution in [2.24, 2.45) is 5.92 Å². The van der Waals surface area contributed by atoms with Gasteiger partial charge in [0.05, 0.1) is 0 Å². The number of halogens is 2. The van der Waals surface area contributed by atoms with E-state index in [2.05, 4.69) is 40.1 Å². The Kier molecular flexibility index (Phi) is 5.02. The van der Waals surface area contributed by atoms with Crippen LogP contribution in [0.25, 0.3) is 11.3 Å². The van der Waals surface area contributed by atoms with Crippen LogP contribution in [0.3, 0.4) is 0 Å². The third kappa shape index (κ3) is 4.06. The first-order chi connectivity index (χ1) is 9.06. The van der Waals surface area contributed by atoms with Crippen LogP contribution >= 0.6 is 27.5 Å². The fourth-order valence-electron chi connectivity index (χ4n) is 1.79. The highest BCUT2D eigenvalue weighted by Crippen LogP contribution is 2.29. The summed E-state index contributed by atoms with van der Waals surface area (Å²) < 4.78 is 6.41. The Morgan fingerprint density at radius 2 is 2.16 bits per heavy atom. The van der Waals surface area contributed by atoms with Crippen LogP contribution in [-0.4, -0.2) is 11.5 Å². The number of benzene rings is 1. The maximum absolute atomic E-state index is 6.06. The van der Waals surface area contributed by atoms with E-state index in [1.807, 2.05) is 18.2 Å². The molecule has 0 aliphatic heterocycles. The van der Waals surface area contributed by atoms with Gasteiger partial charge in [-0.15, -0.1) is 0 Å². The molecule has 2 aromatic rings. The summed E-state index contributed by atoms with van der Waals surface area (Å²) in [6, 6.07) is 5.69. The Labute approximate surface area is 126 Å². The zero-order chi connectivity index (χ0) is 13.8. The van der Waals surface area contributed by atoms with Gasteiger partial charge in [0.2, 0.25) is 0 Å². The van der Waals surface area contributed by atoms with Gasteiger partial charge in [0, 0.05) is 21.6 Å². The summed E-state index contributed by atoms with van der Waals surface area (Å²) in [5.41, 5.74) is 1.83. The van der Waals surface area contributed by atoms with Gasteiger partial charge >= 0.3 is 0 Å². The molecule has 2 rings (SSSR count). The van der Waals surface area contributed by atoms with E-state index in [-0.39, 0.29) is 0 Å². The van der Waals surface area contributed by atoms with Crippen molar-refractivity contribution in [3.8, 4) is 11.3 Å². The van der Waals surface area contributed by atoms with Crippen molar-refractivity contribution in [3.05, 3.63) is 39.8 Å². The second kappa shape index (κ2) is 6.55. The minimum absolute atomic E-state index is 0.607. The molecule has 0 unspecified atom stereocenters. The van der Waals surface area contributed by atoms with Gasteiger partial charge in [0.25, 0.3) is 0 Å². The van der Waals surface area contributed by atoms with Gasteiger partial charge in [-0.25, -0.2) is 4.98 Å². The molecule has 0 radical (unpaired) electrons. The molecule has 1 N–H and O–H groups in total. The smallest absolute Gasteiger partial charge is 0.181 e. The monoisotopic (exact) mass is 342 g/mol. The number of hydrogen-bond donors (Lipinski definition) is 1. The second-order valence-electron chi connectivity index (χ2n) is 4.81. The molecule has 0 aliphatic carbocycles. The number of aromatic nitrogens is 1. The Morgan fingerprint density at radius 3 is 2.84 bits per heavy atom. The lowest BCUT2D eigenvalue weighted by atomic mass is 10.1. The van der Waals surface area contributed by atoms with Crippen molar-refractivity contribution in [1.82, 2.24) is 10.3 Å². The maximum atomic E-state index is 6.06. The molecule has 0 saturated heterocycles. The van der Waals surface area contributed by atoms with E-state index in [9.17, 15) is 0 Å². The summed E-state index contributed by atoms with van der Waals surface area (Å²) >= 11 is 9.49. The summed E-state index contributed by atoms with van der Waals surface area (Å²) in [5.74, 6) is 1.37. The fraction of sp³-hybridized carbons (Fsp3) is 0.357. The van der Waals surface area contributed by atoms with E-state index in [4.69, 9.17) is 16.0 Å². The highest BCUT2D eigenvalue weighted by atomic mass is 79.9. The van der Waals surface area contributed by atoms with E-state index >= 15 is 0 Å². The van der Waals surface area contributed by atoms with Crippen LogP contribution < -0.4 is 5.32 Å². The molecule has 1 aromatic heterocycles. The zero-order valence-electron chi connectivity index (χ0n) is 10.9. The SMILES string of the molecule is CC(C)CNCc1ncoc1-c1cc(Cl)cc(Br)c1. The van der Waals surface area contributed by atoms with E-state index in [1.165, 1.54) is 6.39 Å². The van der Waals surface area contributed by atoms with Gasteiger partial charge < -0.3 is 9.73 Å². The fourth-order valence-corrected chi connectivity index (χ4v) is 2.65. The number of nitrogens with zero attached hydrogens (tertiary/aromatic N) is 1. The van der Waals surface area contributed by atoms with Crippen molar-refractivity contribution in [2.45, 2.75) is 20.4 Å².